The molecule has 0 aliphatic carbocycles. The Hall–Kier alpha value is -3.08. The Balaban J connectivity index is 1.85. The SMILES string of the molecule is COc1ccc(/C=C/C(=O)OCC(=O)c2ccc(OC)cc2)cc1. The molecule has 0 unspecified atom stereocenters. The van der Waals surface area contributed by atoms with Crippen LogP contribution in [-0.2, 0) is 9.53 Å². The summed E-state index contributed by atoms with van der Waals surface area (Å²) in [5, 5.41) is 0. The van der Waals surface area contributed by atoms with E-state index in [1.54, 1.807) is 56.7 Å². The zero-order chi connectivity index (χ0) is 17.4. The second kappa shape index (κ2) is 8.53. The van der Waals surface area contributed by atoms with Gasteiger partial charge >= 0.3 is 5.97 Å². The fourth-order valence-electron chi connectivity index (χ4n) is 1.92. The normalized spacial score (nSPS) is 10.4. The van der Waals surface area contributed by atoms with Crippen molar-refractivity contribution in [2.24, 2.45) is 0 Å². The molecule has 0 saturated carbocycles. The Kier molecular flexibility index (Phi) is 6.14. The van der Waals surface area contributed by atoms with Crippen LogP contribution in [0.5, 0.6) is 11.5 Å². The van der Waals surface area contributed by atoms with Gasteiger partial charge in [-0.15, -0.1) is 0 Å². The molecule has 0 atom stereocenters. The summed E-state index contributed by atoms with van der Waals surface area (Å²) >= 11 is 0. The number of benzene rings is 2. The van der Waals surface area contributed by atoms with Gasteiger partial charge < -0.3 is 14.2 Å². The predicted octanol–water partition coefficient (Wildman–Crippen LogP) is 3.14. The second-order valence-electron chi connectivity index (χ2n) is 4.87. The molecule has 24 heavy (non-hydrogen) atoms. The summed E-state index contributed by atoms with van der Waals surface area (Å²) in [5.41, 5.74) is 1.29. The third-order valence-corrected chi connectivity index (χ3v) is 3.29. The summed E-state index contributed by atoms with van der Waals surface area (Å²) in [6.07, 6.45) is 2.89. The first-order valence-electron chi connectivity index (χ1n) is 7.28. The quantitative estimate of drug-likeness (QED) is 0.444. The fraction of sp³-hybridized carbons (Fsp3) is 0.158. The van der Waals surface area contributed by atoms with E-state index in [-0.39, 0.29) is 12.4 Å². The number of rotatable bonds is 7. The average Bonchev–Trinajstić information content (AvgIpc) is 2.64. The number of hydrogen-bond donors (Lipinski definition) is 0. The van der Waals surface area contributed by atoms with Crippen LogP contribution in [0.25, 0.3) is 6.08 Å². The lowest BCUT2D eigenvalue weighted by atomic mass is 10.1. The molecule has 124 valence electrons. The summed E-state index contributed by atoms with van der Waals surface area (Å²) in [4.78, 5) is 23.6. The van der Waals surface area contributed by atoms with E-state index in [0.717, 1.165) is 11.3 Å². The maximum atomic E-state index is 11.9. The van der Waals surface area contributed by atoms with Gasteiger partial charge in [0.1, 0.15) is 11.5 Å². The van der Waals surface area contributed by atoms with E-state index in [2.05, 4.69) is 0 Å². The largest absolute Gasteiger partial charge is 0.497 e. The Bertz CT molecular complexity index is 714. The minimum absolute atomic E-state index is 0.274. The van der Waals surface area contributed by atoms with Gasteiger partial charge in [0.05, 0.1) is 14.2 Å². The molecule has 0 aromatic heterocycles. The highest BCUT2D eigenvalue weighted by Crippen LogP contribution is 2.13. The second-order valence-corrected chi connectivity index (χ2v) is 4.87. The molecule has 0 heterocycles. The topological polar surface area (TPSA) is 61.8 Å². The van der Waals surface area contributed by atoms with Gasteiger partial charge in [0.25, 0.3) is 0 Å². The van der Waals surface area contributed by atoms with E-state index in [4.69, 9.17) is 14.2 Å². The molecule has 0 saturated heterocycles. The summed E-state index contributed by atoms with van der Waals surface area (Å²) in [5.74, 6) is 0.544. The zero-order valence-corrected chi connectivity index (χ0v) is 13.5. The maximum absolute atomic E-state index is 11.9. The predicted molar refractivity (Wildman–Crippen MR) is 90.3 cm³/mol. The highest BCUT2D eigenvalue weighted by Gasteiger charge is 2.08. The van der Waals surface area contributed by atoms with Crippen LogP contribution >= 0.6 is 0 Å². The molecule has 0 aliphatic heterocycles. The van der Waals surface area contributed by atoms with Crippen molar-refractivity contribution in [3.05, 3.63) is 65.7 Å². The Morgan fingerprint density at radius 3 is 1.96 bits per heavy atom. The van der Waals surface area contributed by atoms with Crippen molar-refractivity contribution in [3.8, 4) is 11.5 Å². The van der Waals surface area contributed by atoms with Crippen molar-refractivity contribution in [3.63, 3.8) is 0 Å². The summed E-state index contributed by atoms with van der Waals surface area (Å²) in [6.45, 7) is -0.307. The monoisotopic (exact) mass is 326 g/mol. The smallest absolute Gasteiger partial charge is 0.331 e. The number of carbonyl (C=O) groups is 2. The van der Waals surface area contributed by atoms with E-state index in [0.29, 0.717) is 11.3 Å². The fourth-order valence-corrected chi connectivity index (χ4v) is 1.92. The number of methoxy groups -OCH3 is 2. The highest BCUT2D eigenvalue weighted by molar-refractivity contribution is 5.99. The molecule has 0 N–H and O–H groups in total. The first-order chi connectivity index (χ1) is 11.6. The molecular weight excluding hydrogens is 308 g/mol. The zero-order valence-electron chi connectivity index (χ0n) is 13.5. The molecule has 0 aliphatic rings. The van der Waals surface area contributed by atoms with Crippen LogP contribution in [0, 0.1) is 0 Å². The van der Waals surface area contributed by atoms with Gasteiger partial charge in [-0.1, -0.05) is 12.1 Å². The van der Waals surface area contributed by atoms with E-state index in [1.807, 2.05) is 12.1 Å². The van der Waals surface area contributed by atoms with Gasteiger partial charge in [0, 0.05) is 11.6 Å². The van der Waals surface area contributed by atoms with Gasteiger partial charge in [-0.25, -0.2) is 4.79 Å². The number of Topliss-reactive ketones (excluding diaryl/α,β-unsaturated/α-hetero) is 1. The van der Waals surface area contributed by atoms with Crippen LogP contribution in [-0.4, -0.2) is 32.6 Å². The lowest BCUT2D eigenvalue weighted by molar-refractivity contribution is -0.136. The Labute approximate surface area is 140 Å². The van der Waals surface area contributed by atoms with Crippen LogP contribution in [0.4, 0.5) is 0 Å². The Morgan fingerprint density at radius 2 is 1.42 bits per heavy atom. The molecule has 2 rings (SSSR count). The molecule has 0 amide bonds. The lowest BCUT2D eigenvalue weighted by Gasteiger charge is -2.03. The minimum Gasteiger partial charge on any atom is -0.497 e. The number of carbonyl (C=O) groups excluding carboxylic acids is 2. The van der Waals surface area contributed by atoms with Crippen molar-refractivity contribution >= 4 is 17.8 Å². The van der Waals surface area contributed by atoms with Crippen molar-refractivity contribution in [2.45, 2.75) is 0 Å². The van der Waals surface area contributed by atoms with Gasteiger partial charge in [-0.2, -0.15) is 0 Å². The van der Waals surface area contributed by atoms with E-state index < -0.39 is 5.97 Å². The maximum Gasteiger partial charge on any atom is 0.331 e. The van der Waals surface area contributed by atoms with Crippen LogP contribution in [0.2, 0.25) is 0 Å². The molecule has 0 bridgehead atoms. The van der Waals surface area contributed by atoms with E-state index in [9.17, 15) is 9.59 Å². The summed E-state index contributed by atoms with van der Waals surface area (Å²) < 4.78 is 15.0. The van der Waals surface area contributed by atoms with Crippen molar-refractivity contribution in [2.75, 3.05) is 20.8 Å². The number of esters is 1. The number of ketones is 1. The standard InChI is InChI=1S/C19H18O5/c1-22-16-8-3-14(4-9-16)5-12-19(21)24-13-18(20)15-6-10-17(23-2)11-7-15/h3-12H,13H2,1-2H3/b12-5+. The van der Waals surface area contributed by atoms with Crippen LogP contribution in [0.3, 0.4) is 0 Å². The molecule has 0 fully saturated rings. The van der Waals surface area contributed by atoms with E-state index >= 15 is 0 Å². The molecule has 2 aromatic rings. The molecule has 5 heteroatoms. The highest BCUT2D eigenvalue weighted by atomic mass is 16.5. The first-order valence-corrected chi connectivity index (χ1v) is 7.28. The van der Waals surface area contributed by atoms with Gasteiger partial charge in [0.2, 0.25) is 0 Å². The first kappa shape index (κ1) is 17.3. The Morgan fingerprint density at radius 1 is 0.875 bits per heavy atom. The summed E-state index contributed by atoms with van der Waals surface area (Å²) in [6, 6.07) is 13.8. The van der Waals surface area contributed by atoms with Crippen LogP contribution < -0.4 is 9.47 Å². The van der Waals surface area contributed by atoms with Gasteiger partial charge in [0.15, 0.2) is 12.4 Å². The van der Waals surface area contributed by atoms with Crippen molar-refractivity contribution in [1.29, 1.82) is 0 Å². The van der Waals surface area contributed by atoms with E-state index in [1.165, 1.54) is 6.08 Å². The van der Waals surface area contributed by atoms with Gasteiger partial charge in [-0.3, -0.25) is 4.79 Å². The van der Waals surface area contributed by atoms with Crippen molar-refractivity contribution < 1.29 is 23.8 Å². The molecule has 5 nitrogen and oxygen atoms in total. The summed E-state index contributed by atoms with van der Waals surface area (Å²) in [7, 11) is 3.13. The molecule has 0 spiro atoms. The third-order valence-electron chi connectivity index (χ3n) is 3.29. The van der Waals surface area contributed by atoms with Gasteiger partial charge in [-0.05, 0) is 48.0 Å². The molecular formula is C19H18O5. The van der Waals surface area contributed by atoms with Crippen LogP contribution in [0.1, 0.15) is 15.9 Å². The molecule has 0 radical (unpaired) electrons. The third kappa shape index (κ3) is 4.98. The lowest BCUT2D eigenvalue weighted by Crippen LogP contribution is -2.12. The van der Waals surface area contributed by atoms with Crippen molar-refractivity contribution in [1.82, 2.24) is 0 Å². The van der Waals surface area contributed by atoms with Crippen LogP contribution in [0.15, 0.2) is 54.6 Å². The minimum atomic E-state index is -0.576. The number of ether oxygens (including phenoxy) is 3. The average molecular weight is 326 g/mol. The molecule has 2 aromatic carbocycles. The number of hydrogen-bond acceptors (Lipinski definition) is 5.